The van der Waals surface area contributed by atoms with E-state index in [0.29, 0.717) is 11.3 Å². The molecule has 206 valence electrons. The van der Waals surface area contributed by atoms with E-state index in [1.165, 1.54) is 31.7 Å². The third-order valence-corrected chi connectivity index (χ3v) is 5.74. The minimum absolute atomic E-state index is 0.0179. The quantitative estimate of drug-likeness (QED) is 0.246. The summed E-state index contributed by atoms with van der Waals surface area (Å²) in [7, 11) is 0. The molecule has 0 saturated carbocycles. The van der Waals surface area contributed by atoms with Gasteiger partial charge in [0.05, 0.1) is 18.7 Å². The standard InChI is InChI=1S/C25H28N6O8/c1-13(2)23(35)29-25-27-21(30-9-7-6-8-10-30)18-22(28-25)31(12-26-18)24-20(38-16(5)34)19(37-15(4)33)17(39-24)11-36-14(3)32/h6-10,12-13,17,19-20,24H,11H2,1-5H3/p+1/t17-,19-,20-,24-/m1/s1. The van der Waals surface area contributed by atoms with E-state index in [1.807, 2.05) is 6.07 Å². The lowest BCUT2D eigenvalue weighted by atomic mass is 10.1. The third kappa shape index (κ3) is 6.17. The lowest BCUT2D eigenvalue weighted by Crippen LogP contribution is -2.40. The van der Waals surface area contributed by atoms with Crippen molar-refractivity contribution < 1.29 is 42.7 Å². The van der Waals surface area contributed by atoms with Gasteiger partial charge in [-0.1, -0.05) is 19.9 Å². The van der Waals surface area contributed by atoms with E-state index in [2.05, 4.69) is 20.3 Å². The molecule has 1 fully saturated rings. The molecule has 4 rings (SSSR count). The second-order valence-electron chi connectivity index (χ2n) is 9.14. The van der Waals surface area contributed by atoms with Gasteiger partial charge in [0.1, 0.15) is 12.7 Å². The van der Waals surface area contributed by atoms with Gasteiger partial charge in [0, 0.05) is 31.7 Å². The zero-order valence-corrected chi connectivity index (χ0v) is 22.1. The van der Waals surface area contributed by atoms with Crippen molar-refractivity contribution in [1.29, 1.82) is 0 Å². The highest BCUT2D eigenvalue weighted by Crippen LogP contribution is 2.36. The predicted octanol–water partition coefficient (Wildman–Crippen LogP) is 1.02. The number of fused-ring (bicyclic) bond motifs is 1. The van der Waals surface area contributed by atoms with E-state index in [-0.39, 0.29) is 30.0 Å². The molecule has 4 atom stereocenters. The van der Waals surface area contributed by atoms with Crippen molar-refractivity contribution in [3.8, 4) is 5.82 Å². The molecule has 1 amide bonds. The number of carbonyl (C=O) groups is 4. The van der Waals surface area contributed by atoms with Crippen molar-refractivity contribution >= 4 is 40.9 Å². The van der Waals surface area contributed by atoms with Crippen molar-refractivity contribution in [2.24, 2.45) is 5.92 Å². The fourth-order valence-electron chi connectivity index (χ4n) is 4.03. The van der Waals surface area contributed by atoms with Crippen LogP contribution in [0.5, 0.6) is 0 Å². The van der Waals surface area contributed by atoms with Gasteiger partial charge in [-0.15, -0.1) is 0 Å². The number of imidazole rings is 1. The van der Waals surface area contributed by atoms with Crippen LogP contribution in [-0.4, -0.2) is 68.3 Å². The monoisotopic (exact) mass is 541 g/mol. The Kier molecular flexibility index (Phi) is 8.14. The zero-order chi connectivity index (χ0) is 28.3. The van der Waals surface area contributed by atoms with Crippen LogP contribution in [0.25, 0.3) is 17.0 Å². The number of nitrogens with one attached hydrogen (secondary N) is 1. The van der Waals surface area contributed by atoms with Crippen molar-refractivity contribution in [3.05, 3.63) is 36.9 Å². The molecule has 3 aromatic heterocycles. The number of hydrogen-bond acceptors (Lipinski definition) is 11. The summed E-state index contributed by atoms with van der Waals surface area (Å²) < 4.78 is 25.4. The van der Waals surface area contributed by atoms with Crippen molar-refractivity contribution in [3.63, 3.8) is 0 Å². The van der Waals surface area contributed by atoms with Gasteiger partial charge in [-0.05, 0) is 12.1 Å². The van der Waals surface area contributed by atoms with E-state index in [1.54, 1.807) is 42.9 Å². The molecule has 0 spiro atoms. The Morgan fingerprint density at radius 3 is 2.28 bits per heavy atom. The molecule has 14 heteroatoms. The van der Waals surface area contributed by atoms with Crippen LogP contribution < -0.4 is 9.88 Å². The van der Waals surface area contributed by atoms with E-state index in [0.717, 1.165) is 0 Å². The van der Waals surface area contributed by atoms with Crippen LogP contribution in [0.3, 0.4) is 0 Å². The van der Waals surface area contributed by atoms with Gasteiger partial charge in [0.2, 0.25) is 11.4 Å². The van der Waals surface area contributed by atoms with Gasteiger partial charge in [0.15, 0.2) is 24.1 Å². The van der Waals surface area contributed by atoms with Crippen molar-refractivity contribution in [2.75, 3.05) is 11.9 Å². The van der Waals surface area contributed by atoms with Gasteiger partial charge >= 0.3 is 29.7 Å². The van der Waals surface area contributed by atoms with Gasteiger partial charge in [-0.25, -0.2) is 9.55 Å². The number of aromatic nitrogens is 5. The van der Waals surface area contributed by atoms with E-state index < -0.39 is 42.4 Å². The number of esters is 3. The van der Waals surface area contributed by atoms with Gasteiger partial charge in [-0.2, -0.15) is 4.98 Å². The number of ether oxygens (including phenoxy) is 4. The first-order valence-electron chi connectivity index (χ1n) is 12.2. The lowest BCUT2D eigenvalue weighted by molar-refractivity contribution is -0.598. The summed E-state index contributed by atoms with van der Waals surface area (Å²) in [4.78, 5) is 61.4. The summed E-state index contributed by atoms with van der Waals surface area (Å²) in [6, 6.07) is 5.44. The molecule has 0 radical (unpaired) electrons. The molecule has 0 aromatic carbocycles. The molecule has 1 saturated heterocycles. The smallest absolute Gasteiger partial charge is 0.361 e. The maximum Gasteiger partial charge on any atom is 0.361 e. The molecule has 0 aliphatic carbocycles. The van der Waals surface area contributed by atoms with Crippen LogP contribution >= 0.6 is 0 Å². The number of rotatable bonds is 8. The molecule has 14 nitrogen and oxygen atoms in total. The summed E-state index contributed by atoms with van der Waals surface area (Å²) in [5.74, 6) is -2.10. The minimum atomic E-state index is -1.14. The first-order valence-corrected chi connectivity index (χ1v) is 12.2. The average molecular weight is 542 g/mol. The lowest BCUT2D eigenvalue weighted by Gasteiger charge is -2.23. The molecule has 1 N–H and O–H groups in total. The zero-order valence-electron chi connectivity index (χ0n) is 22.1. The molecule has 1 aliphatic rings. The Hall–Kier alpha value is -4.46. The Labute approximate surface area is 223 Å². The molecule has 39 heavy (non-hydrogen) atoms. The Balaban J connectivity index is 1.85. The third-order valence-electron chi connectivity index (χ3n) is 5.74. The fraction of sp³-hybridized carbons (Fsp3) is 0.440. The Bertz CT molecular complexity index is 1390. The SMILES string of the molecule is CC(=O)OC[C@H]1O[C@@H](n2cnc3c(-[n+]4ccccc4)nc(NC(=O)C(C)C)nc32)[C@H](OC(C)=O)[C@@H]1OC(C)=O. The van der Waals surface area contributed by atoms with Crippen LogP contribution in [-0.2, 0) is 38.1 Å². The first-order chi connectivity index (χ1) is 18.5. The van der Waals surface area contributed by atoms with Crippen LogP contribution in [0, 0.1) is 5.92 Å². The topological polar surface area (TPSA) is 165 Å². The van der Waals surface area contributed by atoms with Crippen LogP contribution in [0.4, 0.5) is 5.95 Å². The van der Waals surface area contributed by atoms with E-state index >= 15 is 0 Å². The van der Waals surface area contributed by atoms with Gasteiger partial charge < -0.3 is 18.9 Å². The highest BCUT2D eigenvalue weighted by molar-refractivity contribution is 5.91. The molecule has 3 aromatic rings. The Morgan fingerprint density at radius 2 is 1.67 bits per heavy atom. The summed E-state index contributed by atoms with van der Waals surface area (Å²) in [6.07, 6.45) is 0.651. The number of hydrogen-bond donors (Lipinski definition) is 1. The van der Waals surface area contributed by atoms with Crippen LogP contribution in [0.1, 0.15) is 40.8 Å². The molecular weight excluding hydrogens is 512 g/mol. The largest absolute Gasteiger partial charge is 0.463 e. The normalized spacial score (nSPS) is 20.6. The molecule has 0 bridgehead atoms. The minimum Gasteiger partial charge on any atom is -0.463 e. The number of amides is 1. The maximum atomic E-state index is 12.5. The summed E-state index contributed by atoms with van der Waals surface area (Å²) in [5.41, 5.74) is 0.596. The van der Waals surface area contributed by atoms with Gasteiger partial charge in [-0.3, -0.25) is 29.1 Å². The maximum absolute atomic E-state index is 12.5. The molecular formula is C25H29N6O8+. The first kappa shape index (κ1) is 27.6. The number of pyridine rings is 1. The average Bonchev–Trinajstić information content (AvgIpc) is 3.43. The van der Waals surface area contributed by atoms with E-state index in [9.17, 15) is 19.2 Å². The summed E-state index contributed by atoms with van der Waals surface area (Å²) >= 11 is 0. The fourth-order valence-corrected chi connectivity index (χ4v) is 4.03. The number of carbonyl (C=O) groups excluding carboxylic acids is 4. The summed E-state index contributed by atoms with van der Waals surface area (Å²) in [5, 5.41) is 2.70. The van der Waals surface area contributed by atoms with Crippen LogP contribution in [0.15, 0.2) is 36.9 Å². The second-order valence-corrected chi connectivity index (χ2v) is 9.14. The van der Waals surface area contributed by atoms with Gasteiger partial charge in [0.25, 0.3) is 0 Å². The Morgan fingerprint density at radius 1 is 1.00 bits per heavy atom. The molecule has 4 heterocycles. The predicted molar refractivity (Wildman–Crippen MR) is 132 cm³/mol. The van der Waals surface area contributed by atoms with Crippen LogP contribution in [0.2, 0.25) is 0 Å². The van der Waals surface area contributed by atoms with Crippen molar-refractivity contribution in [2.45, 2.75) is 59.2 Å². The summed E-state index contributed by atoms with van der Waals surface area (Å²) in [6.45, 7) is 6.85. The molecule has 0 unspecified atom stereocenters. The second kappa shape index (κ2) is 11.5. The highest BCUT2D eigenvalue weighted by Gasteiger charge is 2.51. The molecule has 1 aliphatic heterocycles. The van der Waals surface area contributed by atoms with Crippen molar-refractivity contribution in [1.82, 2.24) is 19.5 Å². The van der Waals surface area contributed by atoms with E-state index in [4.69, 9.17) is 18.9 Å². The number of anilines is 1. The number of nitrogens with zero attached hydrogens (tertiary/aromatic N) is 5. The highest BCUT2D eigenvalue weighted by atomic mass is 16.7.